The third-order valence-corrected chi connectivity index (χ3v) is 11.2. The van der Waals surface area contributed by atoms with Crippen molar-refractivity contribution in [2.75, 3.05) is 16.9 Å². The third-order valence-electron chi connectivity index (χ3n) is 10.4. The van der Waals surface area contributed by atoms with Gasteiger partial charge in [0.05, 0.1) is 46.7 Å². The van der Waals surface area contributed by atoms with E-state index in [1.54, 1.807) is 49.4 Å². The van der Waals surface area contributed by atoms with Crippen molar-refractivity contribution in [2.45, 2.75) is 25.7 Å². The highest BCUT2D eigenvalue weighted by molar-refractivity contribution is 9.10. The Kier molecular flexibility index (Phi) is 7.44. The second kappa shape index (κ2) is 11.2. The Morgan fingerprint density at radius 2 is 1.70 bits per heavy atom. The van der Waals surface area contributed by atoms with Crippen LogP contribution < -0.4 is 14.5 Å². The summed E-state index contributed by atoms with van der Waals surface area (Å²) in [7, 11) is 1.41. The Labute approximate surface area is 283 Å². The molecule has 4 aliphatic rings. The Morgan fingerprint density at radius 3 is 2.36 bits per heavy atom. The standard InChI is InChI=1S/C36H29BrClFN2O6/c1-4-17-5-7-19(8-6-17)40-32(43)22-11-10-21-23(29(22)34(40)45)16-25-33(44)41(20-9-12-27(39)26(38)15-20)35(46)36(25,2)30(21)24-13-18(37)14-28(47-3)31(24)42/h4-10,12-15,22-23,25,29-30,42H,1,11,16H2,2-3H3/t22-,23+,25-,29-,30+,36+/m0/s1. The van der Waals surface area contributed by atoms with Crippen LogP contribution in [0.1, 0.15) is 36.8 Å². The van der Waals surface area contributed by atoms with E-state index in [0.29, 0.717) is 21.3 Å². The van der Waals surface area contributed by atoms with E-state index in [-0.39, 0.29) is 46.9 Å². The quantitative estimate of drug-likeness (QED) is 0.224. The molecule has 3 aromatic carbocycles. The van der Waals surface area contributed by atoms with Crippen LogP contribution in [0.5, 0.6) is 11.5 Å². The maximum atomic E-state index is 14.6. The van der Waals surface area contributed by atoms with Crippen molar-refractivity contribution in [2.24, 2.45) is 29.1 Å². The molecule has 1 saturated carbocycles. The van der Waals surface area contributed by atoms with Gasteiger partial charge in [-0.25, -0.2) is 9.29 Å². The minimum absolute atomic E-state index is 0.115. The van der Waals surface area contributed by atoms with Crippen LogP contribution in [0, 0.1) is 34.9 Å². The van der Waals surface area contributed by atoms with Crippen molar-refractivity contribution in [3.8, 4) is 11.5 Å². The number of anilines is 2. The summed E-state index contributed by atoms with van der Waals surface area (Å²) in [5.41, 5.74) is 1.01. The number of ether oxygens (including phenoxy) is 1. The average Bonchev–Trinajstić information content (AvgIpc) is 3.43. The van der Waals surface area contributed by atoms with E-state index in [2.05, 4.69) is 22.5 Å². The summed E-state index contributed by atoms with van der Waals surface area (Å²) in [5.74, 6) is -6.38. The van der Waals surface area contributed by atoms with Crippen LogP contribution >= 0.6 is 27.5 Å². The number of allylic oxidation sites excluding steroid dienone is 2. The number of phenolic OH excluding ortho intramolecular Hbond substituents is 1. The summed E-state index contributed by atoms with van der Waals surface area (Å²) in [5, 5.41) is 11.3. The summed E-state index contributed by atoms with van der Waals surface area (Å²) in [6.07, 6.45) is 3.92. The fourth-order valence-electron chi connectivity index (χ4n) is 8.21. The number of halogens is 3. The summed E-state index contributed by atoms with van der Waals surface area (Å²) < 4.78 is 20.2. The molecule has 0 unspecified atom stereocenters. The molecule has 8 nitrogen and oxygen atoms in total. The zero-order valence-electron chi connectivity index (χ0n) is 25.4. The highest BCUT2D eigenvalue weighted by atomic mass is 79.9. The van der Waals surface area contributed by atoms with Crippen molar-refractivity contribution in [1.82, 2.24) is 0 Å². The van der Waals surface area contributed by atoms with Gasteiger partial charge < -0.3 is 9.84 Å². The molecular weight excluding hydrogens is 691 g/mol. The number of aromatic hydroxyl groups is 1. The van der Waals surface area contributed by atoms with Gasteiger partial charge in [0.15, 0.2) is 11.5 Å². The molecule has 0 aromatic heterocycles. The minimum atomic E-state index is -1.43. The van der Waals surface area contributed by atoms with Gasteiger partial charge >= 0.3 is 0 Å². The number of amides is 4. The second-order valence-corrected chi connectivity index (χ2v) is 13.9. The number of hydrogen-bond donors (Lipinski definition) is 1. The van der Waals surface area contributed by atoms with Gasteiger partial charge in [0, 0.05) is 16.0 Å². The van der Waals surface area contributed by atoms with E-state index in [9.17, 15) is 28.7 Å². The van der Waals surface area contributed by atoms with Gasteiger partial charge in [0.25, 0.3) is 0 Å². The maximum absolute atomic E-state index is 14.6. The number of hydrogen-bond acceptors (Lipinski definition) is 6. The van der Waals surface area contributed by atoms with Crippen molar-refractivity contribution < 1.29 is 33.4 Å². The van der Waals surface area contributed by atoms with Crippen LogP contribution in [0.2, 0.25) is 5.02 Å². The zero-order valence-corrected chi connectivity index (χ0v) is 27.7. The molecule has 0 radical (unpaired) electrons. The smallest absolute Gasteiger partial charge is 0.241 e. The second-order valence-electron chi connectivity index (χ2n) is 12.6. The predicted molar refractivity (Wildman–Crippen MR) is 177 cm³/mol. The Bertz CT molecular complexity index is 1950. The number of carbonyl (C=O) groups is 4. The molecule has 2 saturated heterocycles. The number of phenols is 1. The summed E-state index contributed by atoms with van der Waals surface area (Å²) in [6, 6.07) is 13.9. The number of benzene rings is 3. The van der Waals surface area contributed by atoms with Crippen LogP contribution in [0.15, 0.2) is 77.3 Å². The SMILES string of the molecule is C=Cc1ccc(N2C(=O)[C@H]3[C@H](CC=C4[C@H]3C[C@H]3C(=O)N(c5ccc(F)c(Cl)c5)C(=O)[C@@]3(C)[C@H]4c3cc(Br)cc(OC)c3O)C2=O)cc1. The van der Waals surface area contributed by atoms with Crippen molar-refractivity contribution >= 4 is 68.6 Å². The molecule has 6 atom stereocenters. The van der Waals surface area contributed by atoms with E-state index >= 15 is 0 Å². The molecule has 2 aliphatic carbocycles. The first-order valence-corrected chi connectivity index (χ1v) is 16.3. The lowest BCUT2D eigenvalue weighted by Gasteiger charge is -2.49. The predicted octanol–water partition coefficient (Wildman–Crippen LogP) is 7.03. The lowest BCUT2D eigenvalue weighted by Crippen LogP contribution is -2.49. The lowest BCUT2D eigenvalue weighted by atomic mass is 9.51. The maximum Gasteiger partial charge on any atom is 0.241 e. The normalized spacial score (nSPS) is 28.2. The van der Waals surface area contributed by atoms with Gasteiger partial charge in [0.2, 0.25) is 23.6 Å². The van der Waals surface area contributed by atoms with Crippen molar-refractivity contribution in [3.05, 3.63) is 99.3 Å². The van der Waals surface area contributed by atoms with Crippen molar-refractivity contribution in [1.29, 1.82) is 0 Å². The molecule has 4 amide bonds. The number of imide groups is 2. The number of nitrogens with zero attached hydrogens (tertiary/aromatic N) is 2. The van der Waals surface area contributed by atoms with Gasteiger partial charge in [-0.15, -0.1) is 0 Å². The molecule has 0 spiro atoms. The van der Waals surface area contributed by atoms with Crippen LogP contribution in [-0.2, 0) is 19.2 Å². The molecule has 47 heavy (non-hydrogen) atoms. The first kappa shape index (κ1) is 31.3. The summed E-state index contributed by atoms with van der Waals surface area (Å²) in [6.45, 7) is 5.45. The average molecular weight is 720 g/mol. The minimum Gasteiger partial charge on any atom is -0.504 e. The van der Waals surface area contributed by atoms with E-state index in [1.165, 1.54) is 24.1 Å². The third kappa shape index (κ3) is 4.44. The number of methoxy groups -OCH3 is 1. The molecule has 2 aliphatic heterocycles. The van der Waals surface area contributed by atoms with Crippen LogP contribution in [0.4, 0.5) is 15.8 Å². The molecule has 1 N–H and O–H groups in total. The molecule has 240 valence electrons. The monoisotopic (exact) mass is 718 g/mol. The highest BCUT2D eigenvalue weighted by Crippen LogP contribution is 2.65. The van der Waals surface area contributed by atoms with Gasteiger partial charge in [-0.05, 0) is 73.7 Å². The van der Waals surface area contributed by atoms with E-state index in [1.807, 2.05) is 6.08 Å². The fraction of sp³-hybridized carbons (Fsp3) is 0.278. The van der Waals surface area contributed by atoms with E-state index in [4.69, 9.17) is 16.3 Å². The fourth-order valence-corrected chi connectivity index (χ4v) is 8.84. The van der Waals surface area contributed by atoms with E-state index in [0.717, 1.165) is 16.5 Å². The number of carbonyl (C=O) groups excluding carboxylic acids is 4. The van der Waals surface area contributed by atoms with Crippen molar-refractivity contribution in [3.63, 3.8) is 0 Å². The van der Waals surface area contributed by atoms with Crippen LogP contribution in [-0.4, -0.2) is 35.8 Å². The zero-order chi connectivity index (χ0) is 33.5. The Morgan fingerprint density at radius 1 is 1.00 bits per heavy atom. The van der Waals surface area contributed by atoms with Gasteiger partial charge in [-0.1, -0.05) is 64.0 Å². The number of rotatable bonds is 5. The van der Waals surface area contributed by atoms with Gasteiger partial charge in [0.1, 0.15) is 5.82 Å². The number of fused-ring (bicyclic) bond motifs is 4. The molecule has 2 heterocycles. The molecule has 11 heteroatoms. The topological polar surface area (TPSA) is 104 Å². The summed E-state index contributed by atoms with van der Waals surface area (Å²) >= 11 is 9.57. The molecule has 0 bridgehead atoms. The molecule has 7 rings (SSSR count). The summed E-state index contributed by atoms with van der Waals surface area (Å²) in [4.78, 5) is 59.3. The van der Waals surface area contributed by atoms with Gasteiger partial charge in [-0.2, -0.15) is 0 Å². The Balaban J connectivity index is 1.39. The first-order valence-electron chi connectivity index (χ1n) is 15.1. The lowest BCUT2D eigenvalue weighted by molar-refractivity contribution is -0.131. The molecular formula is C36H29BrClFN2O6. The van der Waals surface area contributed by atoms with E-state index < -0.39 is 52.6 Å². The van der Waals surface area contributed by atoms with Gasteiger partial charge in [-0.3, -0.25) is 24.1 Å². The Hall–Kier alpha value is -4.28. The van der Waals surface area contributed by atoms with Crippen LogP contribution in [0.25, 0.3) is 6.08 Å². The first-order chi connectivity index (χ1) is 22.4. The molecule has 3 aromatic rings. The largest absolute Gasteiger partial charge is 0.504 e. The highest BCUT2D eigenvalue weighted by Gasteiger charge is 2.68. The van der Waals surface area contributed by atoms with Crippen LogP contribution in [0.3, 0.4) is 0 Å². The molecule has 3 fully saturated rings.